The number of hydrogen-bond acceptors (Lipinski definition) is 4. The lowest BCUT2D eigenvalue weighted by atomic mass is 9.92. The Labute approximate surface area is 123 Å². The Morgan fingerprint density at radius 1 is 1.30 bits per heavy atom. The Kier molecular flexibility index (Phi) is 5.84. The minimum atomic E-state index is -3.03. The van der Waals surface area contributed by atoms with Gasteiger partial charge in [0.2, 0.25) is 10.0 Å². The van der Waals surface area contributed by atoms with E-state index in [4.69, 9.17) is 4.74 Å². The molecule has 118 valence electrons. The average Bonchev–Trinajstić information content (AvgIpc) is 2.45. The summed E-state index contributed by atoms with van der Waals surface area (Å²) < 4.78 is 30.2. The van der Waals surface area contributed by atoms with Crippen LogP contribution < -0.4 is 5.32 Å². The smallest absolute Gasteiger partial charge is 0.211 e. The molecule has 0 saturated carbocycles. The lowest BCUT2D eigenvalue weighted by molar-refractivity contribution is 0.0551. The van der Waals surface area contributed by atoms with Crippen LogP contribution in [0.4, 0.5) is 0 Å². The van der Waals surface area contributed by atoms with Gasteiger partial charge < -0.3 is 10.1 Å². The summed E-state index contributed by atoms with van der Waals surface area (Å²) in [5, 5.41) is 3.62. The fourth-order valence-corrected chi connectivity index (χ4v) is 4.17. The van der Waals surface area contributed by atoms with Crippen LogP contribution in [-0.2, 0) is 14.8 Å². The zero-order chi connectivity index (χ0) is 14.6. The molecule has 0 aromatic rings. The van der Waals surface area contributed by atoms with Crippen LogP contribution in [0.3, 0.4) is 0 Å². The molecule has 6 heteroatoms. The summed E-state index contributed by atoms with van der Waals surface area (Å²) in [5.41, 5.74) is 0. The first-order chi connectivity index (χ1) is 9.47. The molecule has 20 heavy (non-hydrogen) atoms. The van der Waals surface area contributed by atoms with E-state index in [1.807, 2.05) is 0 Å². The molecule has 2 saturated heterocycles. The van der Waals surface area contributed by atoms with E-state index >= 15 is 0 Å². The van der Waals surface area contributed by atoms with Gasteiger partial charge in [0.1, 0.15) is 0 Å². The topological polar surface area (TPSA) is 58.6 Å². The number of nitrogens with one attached hydrogen (secondary N) is 1. The van der Waals surface area contributed by atoms with Crippen LogP contribution in [-0.4, -0.2) is 57.9 Å². The van der Waals surface area contributed by atoms with Crippen molar-refractivity contribution in [2.45, 2.75) is 38.6 Å². The number of hydrogen-bond donors (Lipinski definition) is 1. The molecule has 2 atom stereocenters. The number of ether oxygens (including phenoxy) is 1. The van der Waals surface area contributed by atoms with Gasteiger partial charge in [-0.3, -0.25) is 0 Å². The standard InChI is InChI=1S/C14H28N2O3S/c1-12(14-5-8-19-9-6-14)15-10-13-4-3-7-16(11-13)20(2,17)18/h12-15H,3-11H2,1-2H3/t12-,13-/m0/s1. The van der Waals surface area contributed by atoms with E-state index in [-0.39, 0.29) is 0 Å². The number of rotatable bonds is 5. The van der Waals surface area contributed by atoms with Crippen LogP contribution >= 0.6 is 0 Å². The zero-order valence-electron chi connectivity index (χ0n) is 12.7. The van der Waals surface area contributed by atoms with Gasteiger partial charge in [-0.2, -0.15) is 0 Å². The maximum Gasteiger partial charge on any atom is 0.211 e. The average molecular weight is 304 g/mol. The van der Waals surface area contributed by atoms with E-state index < -0.39 is 10.0 Å². The molecule has 0 aliphatic carbocycles. The summed E-state index contributed by atoms with van der Waals surface area (Å²) in [7, 11) is -3.03. The van der Waals surface area contributed by atoms with Gasteiger partial charge in [0.25, 0.3) is 0 Å². The molecular weight excluding hydrogens is 276 g/mol. The minimum Gasteiger partial charge on any atom is -0.381 e. The Bertz CT molecular complexity index is 393. The van der Waals surface area contributed by atoms with E-state index in [1.165, 1.54) is 6.26 Å². The van der Waals surface area contributed by atoms with E-state index in [1.54, 1.807) is 4.31 Å². The molecule has 0 unspecified atom stereocenters. The molecule has 2 rings (SSSR count). The van der Waals surface area contributed by atoms with Crippen molar-refractivity contribution in [3.05, 3.63) is 0 Å². The second-order valence-electron chi connectivity index (χ2n) is 6.28. The molecule has 0 spiro atoms. The van der Waals surface area contributed by atoms with Crippen molar-refractivity contribution in [1.82, 2.24) is 9.62 Å². The van der Waals surface area contributed by atoms with Gasteiger partial charge in [-0.15, -0.1) is 0 Å². The molecule has 2 fully saturated rings. The maximum absolute atomic E-state index is 11.6. The maximum atomic E-state index is 11.6. The number of sulfonamides is 1. The van der Waals surface area contributed by atoms with Crippen molar-refractivity contribution in [3.63, 3.8) is 0 Å². The lowest BCUT2D eigenvalue weighted by Gasteiger charge is -2.33. The monoisotopic (exact) mass is 304 g/mol. The normalized spacial score (nSPS) is 28.4. The van der Waals surface area contributed by atoms with Crippen LogP contribution in [0.2, 0.25) is 0 Å². The molecular formula is C14H28N2O3S. The van der Waals surface area contributed by atoms with Gasteiger partial charge in [0.05, 0.1) is 6.26 Å². The molecule has 0 radical (unpaired) electrons. The minimum absolute atomic E-state index is 0.445. The van der Waals surface area contributed by atoms with E-state index in [2.05, 4.69) is 12.2 Å². The largest absolute Gasteiger partial charge is 0.381 e. The second-order valence-corrected chi connectivity index (χ2v) is 8.26. The van der Waals surface area contributed by atoms with Gasteiger partial charge in [0.15, 0.2) is 0 Å². The molecule has 2 heterocycles. The summed E-state index contributed by atoms with van der Waals surface area (Å²) >= 11 is 0. The van der Waals surface area contributed by atoms with E-state index in [0.29, 0.717) is 31.0 Å². The fourth-order valence-electron chi connectivity index (χ4n) is 3.23. The molecule has 0 amide bonds. The highest BCUT2D eigenvalue weighted by Crippen LogP contribution is 2.21. The van der Waals surface area contributed by atoms with Crippen LogP contribution in [0.1, 0.15) is 32.6 Å². The summed E-state index contributed by atoms with van der Waals surface area (Å²) in [6, 6.07) is 0.493. The number of piperidine rings is 1. The zero-order valence-corrected chi connectivity index (χ0v) is 13.5. The Balaban J connectivity index is 1.75. The van der Waals surface area contributed by atoms with Crippen molar-refractivity contribution in [1.29, 1.82) is 0 Å². The SMILES string of the molecule is C[C@H](NC[C@@H]1CCCN(S(C)(=O)=O)C1)C1CCOCC1. The van der Waals surface area contributed by atoms with Gasteiger partial charge in [-0.05, 0) is 51.0 Å². The Morgan fingerprint density at radius 2 is 2.00 bits per heavy atom. The van der Waals surface area contributed by atoms with Crippen LogP contribution in [0.25, 0.3) is 0 Å². The second kappa shape index (κ2) is 7.20. The van der Waals surface area contributed by atoms with Gasteiger partial charge in [0, 0.05) is 32.3 Å². The quantitative estimate of drug-likeness (QED) is 0.825. The molecule has 0 aromatic carbocycles. The van der Waals surface area contributed by atoms with Crippen molar-refractivity contribution in [2.75, 3.05) is 39.1 Å². The predicted molar refractivity (Wildman–Crippen MR) is 80.1 cm³/mol. The third-order valence-electron chi connectivity index (χ3n) is 4.65. The highest BCUT2D eigenvalue weighted by atomic mass is 32.2. The van der Waals surface area contributed by atoms with Crippen LogP contribution in [0.15, 0.2) is 0 Å². The van der Waals surface area contributed by atoms with Gasteiger partial charge in [-0.25, -0.2) is 12.7 Å². The third-order valence-corrected chi connectivity index (χ3v) is 5.92. The highest BCUT2D eigenvalue weighted by Gasteiger charge is 2.27. The molecule has 0 bridgehead atoms. The summed E-state index contributed by atoms with van der Waals surface area (Å²) in [5.74, 6) is 1.14. The molecule has 2 aliphatic rings. The summed E-state index contributed by atoms with van der Waals surface area (Å²) in [4.78, 5) is 0. The molecule has 2 aliphatic heterocycles. The lowest BCUT2D eigenvalue weighted by Crippen LogP contribution is -2.45. The third kappa shape index (κ3) is 4.69. The Morgan fingerprint density at radius 3 is 2.65 bits per heavy atom. The number of nitrogens with zero attached hydrogens (tertiary/aromatic N) is 1. The first-order valence-corrected chi connectivity index (χ1v) is 9.58. The Hall–Kier alpha value is -0.170. The predicted octanol–water partition coefficient (Wildman–Crippen LogP) is 1.06. The van der Waals surface area contributed by atoms with Crippen molar-refractivity contribution in [3.8, 4) is 0 Å². The summed E-state index contributed by atoms with van der Waals surface area (Å²) in [6.07, 6.45) is 5.68. The van der Waals surface area contributed by atoms with E-state index in [0.717, 1.165) is 45.4 Å². The van der Waals surface area contributed by atoms with Gasteiger partial charge >= 0.3 is 0 Å². The van der Waals surface area contributed by atoms with Crippen LogP contribution in [0.5, 0.6) is 0 Å². The van der Waals surface area contributed by atoms with Gasteiger partial charge in [-0.1, -0.05) is 0 Å². The van der Waals surface area contributed by atoms with Crippen LogP contribution in [0, 0.1) is 11.8 Å². The van der Waals surface area contributed by atoms with Crippen molar-refractivity contribution < 1.29 is 13.2 Å². The first-order valence-electron chi connectivity index (χ1n) is 7.73. The first kappa shape index (κ1) is 16.2. The summed E-state index contributed by atoms with van der Waals surface area (Å²) in [6.45, 7) is 6.28. The molecule has 1 N–H and O–H groups in total. The molecule has 0 aromatic heterocycles. The van der Waals surface area contributed by atoms with Crippen molar-refractivity contribution in [2.24, 2.45) is 11.8 Å². The van der Waals surface area contributed by atoms with E-state index in [9.17, 15) is 8.42 Å². The fraction of sp³-hybridized carbons (Fsp3) is 1.00. The molecule has 5 nitrogen and oxygen atoms in total. The van der Waals surface area contributed by atoms with Crippen molar-refractivity contribution >= 4 is 10.0 Å². The highest BCUT2D eigenvalue weighted by molar-refractivity contribution is 7.88.